The van der Waals surface area contributed by atoms with Crippen molar-refractivity contribution >= 4 is 17.5 Å². The van der Waals surface area contributed by atoms with E-state index in [2.05, 4.69) is 26.1 Å². The van der Waals surface area contributed by atoms with Gasteiger partial charge in [-0.2, -0.15) is 0 Å². The van der Waals surface area contributed by atoms with E-state index in [1.54, 1.807) is 0 Å². The normalized spacial score (nSPS) is 24.9. The maximum Gasteiger partial charge on any atom is 0.223 e. The molecule has 1 N–H and O–H groups in total. The Bertz CT molecular complexity index is 269. The average molecular weight is 276 g/mol. The highest BCUT2D eigenvalue weighted by Gasteiger charge is 2.29. The lowest BCUT2D eigenvalue weighted by molar-refractivity contribution is -0.131. The number of amides is 1. The molecule has 1 aliphatic heterocycles. The summed E-state index contributed by atoms with van der Waals surface area (Å²) in [4.78, 5) is 12.1. The lowest BCUT2D eigenvalue weighted by Gasteiger charge is -2.30. The lowest BCUT2D eigenvalue weighted by atomic mass is 9.86. The van der Waals surface area contributed by atoms with Crippen LogP contribution in [0.15, 0.2) is 0 Å². The minimum Gasteiger partial charge on any atom is -0.381 e. The van der Waals surface area contributed by atoms with Crippen LogP contribution in [0.4, 0.5) is 0 Å². The number of carbonyl (C=O) groups excluding carboxylic acids is 1. The molecular weight excluding hydrogens is 250 g/mol. The van der Waals surface area contributed by atoms with Crippen molar-refractivity contribution in [3.05, 3.63) is 0 Å². The molecule has 1 saturated heterocycles. The fourth-order valence-electron chi connectivity index (χ4n) is 2.36. The highest BCUT2D eigenvalue weighted by atomic mass is 35.5. The molecule has 2 atom stereocenters. The number of alkyl halides is 1. The van der Waals surface area contributed by atoms with E-state index in [-0.39, 0.29) is 17.2 Å². The average Bonchev–Trinajstić information content (AvgIpc) is 2.34. The Morgan fingerprint density at radius 3 is 2.83 bits per heavy atom. The van der Waals surface area contributed by atoms with Crippen LogP contribution in [0, 0.1) is 17.3 Å². The van der Waals surface area contributed by atoms with E-state index in [1.165, 1.54) is 0 Å². The summed E-state index contributed by atoms with van der Waals surface area (Å²) < 4.78 is 5.37. The van der Waals surface area contributed by atoms with Crippen LogP contribution in [0.25, 0.3) is 0 Å². The van der Waals surface area contributed by atoms with Crippen molar-refractivity contribution in [3.8, 4) is 0 Å². The molecule has 0 aromatic heterocycles. The van der Waals surface area contributed by atoms with Crippen LogP contribution in [0.2, 0.25) is 0 Å². The fourth-order valence-corrected chi connectivity index (χ4v) is 2.49. The van der Waals surface area contributed by atoms with Gasteiger partial charge in [0.15, 0.2) is 0 Å². The van der Waals surface area contributed by atoms with E-state index >= 15 is 0 Å². The van der Waals surface area contributed by atoms with Gasteiger partial charge in [0.2, 0.25) is 5.91 Å². The van der Waals surface area contributed by atoms with E-state index in [0.717, 1.165) is 25.8 Å². The third-order valence-electron chi connectivity index (χ3n) is 3.71. The second kappa shape index (κ2) is 7.34. The van der Waals surface area contributed by atoms with Crippen LogP contribution in [-0.4, -0.2) is 31.5 Å². The third-order valence-corrected chi connectivity index (χ3v) is 3.97. The highest BCUT2D eigenvalue weighted by molar-refractivity contribution is 6.17. The maximum absolute atomic E-state index is 12.1. The van der Waals surface area contributed by atoms with E-state index < -0.39 is 0 Å². The minimum absolute atomic E-state index is 0.113. The standard InChI is InChI=1S/C14H26ClNO2/c1-11-9-18-8-5-12(11)13(17)16-10-14(2,3)6-4-7-15/h11-12H,4-10H2,1-3H3,(H,16,17). The van der Waals surface area contributed by atoms with Crippen molar-refractivity contribution < 1.29 is 9.53 Å². The molecule has 0 spiro atoms. The number of rotatable bonds is 6. The Hall–Kier alpha value is -0.280. The Morgan fingerprint density at radius 2 is 2.22 bits per heavy atom. The van der Waals surface area contributed by atoms with Crippen molar-refractivity contribution in [2.24, 2.45) is 17.3 Å². The molecule has 1 amide bonds. The van der Waals surface area contributed by atoms with Gasteiger partial charge in [-0.1, -0.05) is 20.8 Å². The predicted octanol–water partition coefficient (Wildman–Crippen LogP) is 2.82. The van der Waals surface area contributed by atoms with Gasteiger partial charge in [0.25, 0.3) is 0 Å². The number of halogens is 1. The minimum atomic E-state index is 0.113. The molecule has 1 rings (SSSR count). The SMILES string of the molecule is CC1COCCC1C(=O)NCC(C)(C)CCCCl. The number of ether oxygens (including phenoxy) is 1. The van der Waals surface area contributed by atoms with Crippen molar-refractivity contribution in [2.75, 3.05) is 25.6 Å². The van der Waals surface area contributed by atoms with Crippen LogP contribution < -0.4 is 5.32 Å². The van der Waals surface area contributed by atoms with Gasteiger partial charge in [0, 0.05) is 31.6 Å². The van der Waals surface area contributed by atoms with Crippen LogP contribution in [0.1, 0.15) is 40.0 Å². The first-order chi connectivity index (χ1) is 8.46. The molecule has 0 aromatic carbocycles. The molecule has 2 unspecified atom stereocenters. The smallest absolute Gasteiger partial charge is 0.223 e. The van der Waals surface area contributed by atoms with E-state index in [0.29, 0.717) is 25.0 Å². The van der Waals surface area contributed by atoms with Crippen molar-refractivity contribution in [3.63, 3.8) is 0 Å². The fraction of sp³-hybridized carbons (Fsp3) is 0.929. The maximum atomic E-state index is 12.1. The second-order valence-corrected chi connectivity index (χ2v) is 6.50. The summed E-state index contributed by atoms with van der Waals surface area (Å²) in [5.41, 5.74) is 0.124. The van der Waals surface area contributed by atoms with Crippen molar-refractivity contribution in [1.82, 2.24) is 5.32 Å². The monoisotopic (exact) mass is 275 g/mol. The molecule has 0 aromatic rings. The molecule has 3 nitrogen and oxygen atoms in total. The van der Waals surface area contributed by atoms with Crippen LogP contribution in [-0.2, 0) is 9.53 Å². The second-order valence-electron chi connectivity index (χ2n) is 6.12. The van der Waals surface area contributed by atoms with E-state index in [1.807, 2.05) is 0 Å². The summed E-state index contributed by atoms with van der Waals surface area (Å²) in [6, 6.07) is 0. The molecule has 0 aliphatic carbocycles. The Labute approximate surface area is 116 Å². The number of hydrogen-bond acceptors (Lipinski definition) is 2. The largest absolute Gasteiger partial charge is 0.381 e. The van der Waals surface area contributed by atoms with Crippen LogP contribution in [0.5, 0.6) is 0 Å². The molecule has 4 heteroatoms. The molecular formula is C14H26ClNO2. The highest BCUT2D eigenvalue weighted by Crippen LogP contribution is 2.24. The molecule has 0 bridgehead atoms. The third kappa shape index (κ3) is 5.15. The van der Waals surface area contributed by atoms with E-state index in [9.17, 15) is 4.79 Å². The van der Waals surface area contributed by atoms with Gasteiger partial charge >= 0.3 is 0 Å². The zero-order valence-electron chi connectivity index (χ0n) is 11.8. The summed E-state index contributed by atoms with van der Waals surface area (Å²) in [6.07, 6.45) is 2.88. The zero-order valence-corrected chi connectivity index (χ0v) is 12.6. The molecule has 0 radical (unpaired) electrons. The summed E-state index contributed by atoms with van der Waals surface area (Å²) in [7, 11) is 0. The van der Waals surface area contributed by atoms with Gasteiger partial charge < -0.3 is 10.1 Å². The van der Waals surface area contributed by atoms with Gasteiger partial charge in [-0.15, -0.1) is 11.6 Å². The molecule has 1 fully saturated rings. The van der Waals surface area contributed by atoms with E-state index in [4.69, 9.17) is 16.3 Å². The predicted molar refractivity (Wildman–Crippen MR) is 74.8 cm³/mol. The molecule has 18 heavy (non-hydrogen) atoms. The Morgan fingerprint density at radius 1 is 1.50 bits per heavy atom. The first-order valence-electron chi connectivity index (χ1n) is 6.88. The van der Waals surface area contributed by atoms with Gasteiger partial charge in [0.1, 0.15) is 0 Å². The van der Waals surface area contributed by atoms with Crippen LogP contribution >= 0.6 is 11.6 Å². The quantitative estimate of drug-likeness (QED) is 0.757. The topological polar surface area (TPSA) is 38.3 Å². The first kappa shape index (κ1) is 15.8. The molecule has 1 heterocycles. The number of carbonyl (C=O) groups is 1. The summed E-state index contributed by atoms with van der Waals surface area (Å²) >= 11 is 5.71. The number of hydrogen-bond donors (Lipinski definition) is 1. The van der Waals surface area contributed by atoms with Gasteiger partial charge in [-0.05, 0) is 30.6 Å². The molecule has 106 valence electrons. The van der Waals surface area contributed by atoms with Gasteiger partial charge in [-0.3, -0.25) is 4.79 Å². The Kier molecular flexibility index (Phi) is 6.44. The molecule has 1 aliphatic rings. The lowest BCUT2D eigenvalue weighted by Crippen LogP contribution is -2.42. The van der Waals surface area contributed by atoms with Crippen LogP contribution in [0.3, 0.4) is 0 Å². The van der Waals surface area contributed by atoms with Crippen molar-refractivity contribution in [2.45, 2.75) is 40.0 Å². The summed E-state index contributed by atoms with van der Waals surface area (Å²) in [6.45, 7) is 8.57. The first-order valence-corrected chi connectivity index (χ1v) is 7.41. The zero-order chi connectivity index (χ0) is 13.6. The molecule has 0 saturated carbocycles. The summed E-state index contributed by atoms with van der Waals surface area (Å²) in [5.74, 6) is 1.31. The van der Waals surface area contributed by atoms with Gasteiger partial charge in [0.05, 0.1) is 0 Å². The summed E-state index contributed by atoms with van der Waals surface area (Å²) in [5, 5.41) is 3.09. The number of nitrogens with one attached hydrogen (secondary N) is 1. The van der Waals surface area contributed by atoms with Gasteiger partial charge in [-0.25, -0.2) is 0 Å². The van der Waals surface area contributed by atoms with Crippen molar-refractivity contribution in [1.29, 1.82) is 0 Å². The Balaban J connectivity index is 2.35.